The smallest absolute Gasteiger partial charge is 0.338 e. The lowest BCUT2D eigenvalue weighted by molar-refractivity contribution is -0.144. The van der Waals surface area contributed by atoms with E-state index in [0.29, 0.717) is 31.7 Å². The molecule has 5 rings (SSSR count). The lowest BCUT2D eigenvalue weighted by atomic mass is 9.91. The maximum absolute atomic E-state index is 14.2. The van der Waals surface area contributed by atoms with E-state index in [-0.39, 0.29) is 35.8 Å². The molecule has 2 atom stereocenters. The maximum atomic E-state index is 14.2. The largest absolute Gasteiger partial charge is 0.416 e. The number of alkyl halides is 3. The summed E-state index contributed by atoms with van der Waals surface area (Å²) in [7, 11) is 0. The first-order valence-corrected chi connectivity index (χ1v) is 13.6. The summed E-state index contributed by atoms with van der Waals surface area (Å²) in [6.07, 6.45) is -3.22. The summed E-state index contributed by atoms with van der Waals surface area (Å²) in [6.45, 7) is 8.95. The number of rotatable bonds is 7. The molecule has 3 aliphatic heterocycles. The van der Waals surface area contributed by atoms with Gasteiger partial charge >= 0.3 is 12.2 Å². The lowest BCUT2D eigenvalue weighted by Crippen LogP contribution is -2.52. The van der Waals surface area contributed by atoms with E-state index in [0.717, 1.165) is 12.6 Å². The number of nitrogens with zero attached hydrogens (tertiary/aromatic N) is 4. The number of halogens is 3. The van der Waals surface area contributed by atoms with Crippen LogP contribution in [0.5, 0.6) is 0 Å². The van der Waals surface area contributed by atoms with E-state index in [4.69, 9.17) is 0 Å². The van der Waals surface area contributed by atoms with Crippen LogP contribution in [0, 0.1) is 0 Å². The van der Waals surface area contributed by atoms with Crippen LogP contribution in [0.25, 0.3) is 0 Å². The molecule has 0 bridgehead atoms. The molecular formula is C30H32F3N5O3. The van der Waals surface area contributed by atoms with Gasteiger partial charge in [-0.3, -0.25) is 14.5 Å². The van der Waals surface area contributed by atoms with Crippen LogP contribution in [0.15, 0.2) is 78.5 Å². The van der Waals surface area contributed by atoms with Gasteiger partial charge in [-0.25, -0.2) is 4.79 Å². The molecule has 0 aliphatic carbocycles. The monoisotopic (exact) mass is 567 g/mol. The van der Waals surface area contributed by atoms with Crippen molar-refractivity contribution in [2.45, 2.75) is 25.2 Å². The second-order valence-corrected chi connectivity index (χ2v) is 10.2. The number of urea groups is 1. The first kappa shape index (κ1) is 28.4. The van der Waals surface area contributed by atoms with Crippen molar-refractivity contribution in [3.05, 3.63) is 95.2 Å². The Labute approximate surface area is 236 Å². The second kappa shape index (κ2) is 11.4. The SMILES string of the molecule is C=CCN1C(=O)N[C@H](c2ccccc2C(F)(F)F)C2=C1CN([C@H](C(=O)N1CCN(CC)CC1)c1ccccc1)C2=O. The molecule has 0 radical (unpaired) electrons. The molecule has 2 aromatic carbocycles. The maximum Gasteiger partial charge on any atom is 0.416 e. The van der Waals surface area contributed by atoms with Gasteiger partial charge in [0.15, 0.2) is 0 Å². The van der Waals surface area contributed by atoms with E-state index >= 15 is 0 Å². The molecule has 1 fully saturated rings. The highest BCUT2D eigenvalue weighted by Crippen LogP contribution is 2.43. The topological polar surface area (TPSA) is 76.2 Å². The van der Waals surface area contributed by atoms with E-state index in [9.17, 15) is 27.6 Å². The van der Waals surface area contributed by atoms with Crippen molar-refractivity contribution in [3.8, 4) is 0 Å². The van der Waals surface area contributed by atoms with Crippen LogP contribution in [0.1, 0.15) is 35.7 Å². The molecule has 0 spiro atoms. The van der Waals surface area contributed by atoms with Gasteiger partial charge in [0, 0.05) is 32.7 Å². The van der Waals surface area contributed by atoms with Gasteiger partial charge in [0.25, 0.3) is 5.91 Å². The number of carbonyl (C=O) groups excluding carboxylic acids is 3. The molecule has 8 nitrogen and oxygen atoms in total. The number of piperazine rings is 1. The molecule has 2 aromatic rings. The summed E-state index contributed by atoms with van der Waals surface area (Å²) in [4.78, 5) is 48.2. The molecule has 4 amide bonds. The number of carbonyl (C=O) groups is 3. The van der Waals surface area contributed by atoms with Gasteiger partial charge in [0.05, 0.1) is 29.4 Å². The third-order valence-corrected chi connectivity index (χ3v) is 7.93. The van der Waals surface area contributed by atoms with Gasteiger partial charge in [0.1, 0.15) is 6.04 Å². The van der Waals surface area contributed by atoms with Crippen LogP contribution in [0.2, 0.25) is 0 Å². The second-order valence-electron chi connectivity index (χ2n) is 10.2. The summed E-state index contributed by atoms with van der Waals surface area (Å²) in [5, 5.41) is 2.62. The first-order chi connectivity index (χ1) is 19.7. The molecule has 3 aliphatic rings. The van der Waals surface area contributed by atoms with E-state index < -0.39 is 35.8 Å². The number of benzene rings is 2. The Morgan fingerprint density at radius 2 is 1.71 bits per heavy atom. The van der Waals surface area contributed by atoms with Crippen molar-refractivity contribution >= 4 is 17.8 Å². The molecule has 216 valence electrons. The van der Waals surface area contributed by atoms with Gasteiger partial charge in [-0.2, -0.15) is 13.2 Å². The highest BCUT2D eigenvalue weighted by Gasteiger charge is 2.49. The zero-order valence-corrected chi connectivity index (χ0v) is 22.7. The van der Waals surface area contributed by atoms with E-state index in [1.807, 2.05) is 0 Å². The summed E-state index contributed by atoms with van der Waals surface area (Å²) >= 11 is 0. The Hall–Kier alpha value is -4.12. The van der Waals surface area contributed by atoms with Gasteiger partial charge in [-0.1, -0.05) is 61.5 Å². The zero-order chi connectivity index (χ0) is 29.3. The summed E-state index contributed by atoms with van der Waals surface area (Å²) < 4.78 is 42.1. The first-order valence-electron chi connectivity index (χ1n) is 13.6. The van der Waals surface area contributed by atoms with Crippen LogP contribution in [0.3, 0.4) is 0 Å². The molecule has 1 N–H and O–H groups in total. The molecule has 3 heterocycles. The lowest BCUT2D eigenvalue weighted by Gasteiger charge is -2.38. The van der Waals surface area contributed by atoms with Crippen molar-refractivity contribution < 1.29 is 27.6 Å². The van der Waals surface area contributed by atoms with Crippen LogP contribution in [-0.4, -0.2) is 83.3 Å². The average molecular weight is 568 g/mol. The highest BCUT2D eigenvalue weighted by atomic mass is 19.4. The predicted octanol–water partition coefficient (Wildman–Crippen LogP) is 3.96. The Kier molecular flexibility index (Phi) is 7.90. The Morgan fingerprint density at radius 3 is 2.34 bits per heavy atom. The third kappa shape index (κ3) is 5.33. The number of likely N-dealkylation sites (N-methyl/N-ethyl adjacent to an activating group) is 1. The van der Waals surface area contributed by atoms with Crippen molar-refractivity contribution in [3.63, 3.8) is 0 Å². The molecule has 11 heteroatoms. The molecule has 1 saturated heterocycles. The van der Waals surface area contributed by atoms with Gasteiger partial charge < -0.3 is 20.0 Å². The normalized spacial score (nSPS) is 20.7. The highest BCUT2D eigenvalue weighted by molar-refractivity contribution is 6.04. The summed E-state index contributed by atoms with van der Waals surface area (Å²) in [5.74, 6) is -0.854. The van der Waals surface area contributed by atoms with Crippen LogP contribution in [0.4, 0.5) is 18.0 Å². The minimum absolute atomic E-state index is 0.0210. The Balaban J connectivity index is 1.57. The number of hydrogen-bond donors (Lipinski definition) is 1. The molecule has 41 heavy (non-hydrogen) atoms. The fourth-order valence-corrected chi connectivity index (χ4v) is 5.83. The van der Waals surface area contributed by atoms with Crippen molar-refractivity contribution in [1.29, 1.82) is 0 Å². The average Bonchev–Trinajstić information content (AvgIpc) is 3.31. The Bertz CT molecular complexity index is 1370. The summed E-state index contributed by atoms with van der Waals surface area (Å²) in [6, 6.07) is 10.8. The van der Waals surface area contributed by atoms with Crippen molar-refractivity contribution in [2.24, 2.45) is 0 Å². The molecular weight excluding hydrogens is 535 g/mol. The Morgan fingerprint density at radius 1 is 1.05 bits per heavy atom. The third-order valence-electron chi connectivity index (χ3n) is 7.93. The standard InChI is InChI=1S/C30H32F3N5O3/c1-3-14-37-23-19-38(26(20-10-6-5-7-11-20)28(40)36-17-15-35(4-2)16-18-36)27(39)24(23)25(34-29(37)41)21-12-8-9-13-22(21)30(31,32)33/h3,5-13,25-26H,1,4,14-19H2,2H3,(H,34,41)/t25-,26+/m1/s1. The molecule has 0 aromatic heterocycles. The van der Waals surface area contributed by atoms with Crippen molar-refractivity contribution in [1.82, 2.24) is 24.9 Å². The van der Waals surface area contributed by atoms with E-state index in [2.05, 4.69) is 23.7 Å². The molecule has 0 unspecified atom stereocenters. The fourth-order valence-electron chi connectivity index (χ4n) is 5.83. The number of hydrogen-bond acceptors (Lipinski definition) is 4. The van der Waals surface area contributed by atoms with Gasteiger partial charge in [-0.15, -0.1) is 6.58 Å². The predicted molar refractivity (Wildman–Crippen MR) is 146 cm³/mol. The van der Waals surface area contributed by atoms with Gasteiger partial charge in [0.2, 0.25) is 5.91 Å². The van der Waals surface area contributed by atoms with Crippen LogP contribution >= 0.6 is 0 Å². The van der Waals surface area contributed by atoms with Crippen molar-refractivity contribution in [2.75, 3.05) is 45.8 Å². The minimum atomic E-state index is -4.70. The zero-order valence-electron chi connectivity index (χ0n) is 22.7. The van der Waals surface area contributed by atoms with E-state index in [1.165, 1.54) is 34.1 Å². The molecule has 0 saturated carbocycles. The quantitative estimate of drug-likeness (QED) is 0.514. The fraction of sp³-hybridized carbons (Fsp3) is 0.367. The summed E-state index contributed by atoms with van der Waals surface area (Å²) in [5.41, 5.74) is -0.291. The number of nitrogens with one attached hydrogen (secondary N) is 1. The minimum Gasteiger partial charge on any atom is -0.338 e. The van der Waals surface area contributed by atoms with E-state index in [1.54, 1.807) is 35.2 Å². The number of amides is 4. The van der Waals surface area contributed by atoms with Gasteiger partial charge in [-0.05, 0) is 23.7 Å². The van der Waals surface area contributed by atoms with Crippen LogP contribution in [-0.2, 0) is 15.8 Å². The van der Waals surface area contributed by atoms with Crippen LogP contribution < -0.4 is 5.32 Å².